The van der Waals surface area contributed by atoms with Gasteiger partial charge in [0.25, 0.3) is 0 Å². The molecule has 1 saturated carbocycles. The molecule has 3 atom stereocenters. The predicted molar refractivity (Wildman–Crippen MR) is 50.9 cm³/mol. The van der Waals surface area contributed by atoms with E-state index >= 15 is 0 Å². The molecule has 1 fully saturated rings. The van der Waals surface area contributed by atoms with Crippen LogP contribution in [0.25, 0.3) is 0 Å². The number of hydrogen-bond donors (Lipinski definition) is 1. The molecule has 1 N–H and O–H groups in total. The number of ether oxygens (including phenoxy) is 2. The van der Waals surface area contributed by atoms with Crippen molar-refractivity contribution < 1.29 is 24.2 Å². The molecule has 0 heterocycles. The van der Waals surface area contributed by atoms with E-state index in [4.69, 9.17) is 4.74 Å². The van der Waals surface area contributed by atoms with Gasteiger partial charge >= 0.3 is 11.9 Å². The number of aliphatic hydroxyl groups is 1. The maximum absolute atomic E-state index is 10.5. The lowest BCUT2D eigenvalue weighted by molar-refractivity contribution is -0.144. The minimum atomic E-state index is -0.644. The molecule has 5 heteroatoms. The lowest BCUT2D eigenvalue weighted by Crippen LogP contribution is -2.21. The second-order valence-corrected chi connectivity index (χ2v) is 3.83. The Labute approximate surface area is 88.4 Å². The van der Waals surface area contributed by atoms with Gasteiger partial charge in [0.1, 0.15) is 6.61 Å². The third kappa shape index (κ3) is 4.29. The third-order valence-corrected chi connectivity index (χ3v) is 2.43. The molecular formula is C10H16O5. The molecule has 86 valence electrons. The van der Waals surface area contributed by atoms with Gasteiger partial charge in [-0.05, 0) is 18.3 Å². The first-order valence-corrected chi connectivity index (χ1v) is 4.95. The normalized spacial score (nSPS) is 25.5. The highest BCUT2D eigenvalue weighted by molar-refractivity contribution is 5.66. The summed E-state index contributed by atoms with van der Waals surface area (Å²) in [5.74, 6) is -0.412. The summed E-state index contributed by atoms with van der Waals surface area (Å²) < 4.78 is 9.50. The first-order valence-electron chi connectivity index (χ1n) is 4.95. The topological polar surface area (TPSA) is 72.8 Å². The van der Waals surface area contributed by atoms with Crippen molar-refractivity contribution in [2.75, 3.05) is 13.2 Å². The number of carbonyl (C=O) groups is 2. The van der Waals surface area contributed by atoms with E-state index < -0.39 is 12.1 Å². The summed E-state index contributed by atoms with van der Waals surface area (Å²) >= 11 is 0. The van der Waals surface area contributed by atoms with Crippen LogP contribution in [-0.4, -0.2) is 36.4 Å². The zero-order valence-electron chi connectivity index (χ0n) is 8.93. The van der Waals surface area contributed by atoms with Gasteiger partial charge in [0.05, 0.1) is 12.7 Å². The van der Waals surface area contributed by atoms with E-state index in [1.807, 2.05) is 0 Å². The van der Waals surface area contributed by atoms with E-state index in [1.54, 1.807) is 0 Å². The molecule has 0 spiro atoms. The van der Waals surface area contributed by atoms with Gasteiger partial charge < -0.3 is 14.6 Å². The van der Waals surface area contributed by atoms with Crippen LogP contribution in [0.1, 0.15) is 20.3 Å². The predicted octanol–water partition coefficient (Wildman–Crippen LogP) is 0.110. The quantitative estimate of drug-likeness (QED) is 0.660. The van der Waals surface area contributed by atoms with E-state index in [2.05, 4.69) is 4.74 Å². The average Bonchev–Trinajstić information content (AvgIpc) is 2.90. The summed E-state index contributed by atoms with van der Waals surface area (Å²) in [7, 11) is 0. The van der Waals surface area contributed by atoms with Crippen LogP contribution in [0.4, 0.5) is 0 Å². The summed E-state index contributed by atoms with van der Waals surface area (Å²) in [6.45, 7) is 3.02. The van der Waals surface area contributed by atoms with Crippen molar-refractivity contribution >= 4 is 11.9 Å². The van der Waals surface area contributed by atoms with Gasteiger partial charge in [0, 0.05) is 13.8 Å². The van der Waals surface area contributed by atoms with Gasteiger partial charge in [-0.25, -0.2) is 0 Å². The second kappa shape index (κ2) is 5.11. The molecular weight excluding hydrogens is 200 g/mol. The second-order valence-electron chi connectivity index (χ2n) is 3.83. The van der Waals surface area contributed by atoms with Gasteiger partial charge in [-0.1, -0.05) is 0 Å². The Morgan fingerprint density at radius 3 is 2.47 bits per heavy atom. The molecule has 1 rings (SSSR count). The monoisotopic (exact) mass is 216 g/mol. The van der Waals surface area contributed by atoms with Gasteiger partial charge in [0.15, 0.2) is 0 Å². The van der Waals surface area contributed by atoms with Crippen molar-refractivity contribution in [3.63, 3.8) is 0 Å². The average molecular weight is 216 g/mol. The van der Waals surface area contributed by atoms with Crippen molar-refractivity contribution in [1.29, 1.82) is 0 Å². The maximum atomic E-state index is 10.5. The summed E-state index contributed by atoms with van der Waals surface area (Å²) in [6.07, 6.45) is 0.171. The van der Waals surface area contributed by atoms with E-state index in [0.29, 0.717) is 6.61 Å². The number of carbonyl (C=O) groups excluding carboxylic acids is 2. The molecule has 0 aromatic heterocycles. The van der Waals surface area contributed by atoms with Crippen LogP contribution in [0.2, 0.25) is 0 Å². The smallest absolute Gasteiger partial charge is 0.302 e. The van der Waals surface area contributed by atoms with Crippen LogP contribution in [0.5, 0.6) is 0 Å². The highest BCUT2D eigenvalue weighted by Gasteiger charge is 2.43. The van der Waals surface area contributed by atoms with E-state index in [-0.39, 0.29) is 24.4 Å². The fourth-order valence-electron chi connectivity index (χ4n) is 1.48. The zero-order valence-corrected chi connectivity index (χ0v) is 8.93. The number of hydrogen-bond acceptors (Lipinski definition) is 5. The molecule has 0 amide bonds. The molecule has 15 heavy (non-hydrogen) atoms. The van der Waals surface area contributed by atoms with Crippen molar-refractivity contribution in [2.45, 2.75) is 26.4 Å². The van der Waals surface area contributed by atoms with Crippen LogP contribution >= 0.6 is 0 Å². The highest BCUT2D eigenvalue weighted by atomic mass is 16.5. The molecule has 0 aromatic carbocycles. The molecule has 0 aromatic rings. The van der Waals surface area contributed by atoms with Crippen molar-refractivity contribution in [3.8, 4) is 0 Å². The highest BCUT2D eigenvalue weighted by Crippen LogP contribution is 2.41. The fraction of sp³-hybridized carbons (Fsp3) is 0.800. The number of esters is 2. The molecule has 5 nitrogen and oxygen atoms in total. The molecule has 0 aliphatic heterocycles. The summed E-state index contributed by atoms with van der Waals surface area (Å²) in [6, 6.07) is 0. The first kappa shape index (κ1) is 12.0. The summed E-state index contributed by atoms with van der Waals surface area (Å²) in [5.41, 5.74) is 0. The Morgan fingerprint density at radius 1 is 1.33 bits per heavy atom. The zero-order chi connectivity index (χ0) is 11.4. The first-order chi connectivity index (χ1) is 7.00. The van der Waals surface area contributed by atoms with E-state index in [1.165, 1.54) is 13.8 Å². The van der Waals surface area contributed by atoms with Gasteiger partial charge in [-0.3, -0.25) is 9.59 Å². The molecule has 0 saturated heterocycles. The molecule has 0 radical (unpaired) electrons. The minimum Gasteiger partial charge on any atom is -0.466 e. The van der Waals surface area contributed by atoms with E-state index in [9.17, 15) is 14.7 Å². The Bertz CT molecular complexity index is 250. The summed E-state index contributed by atoms with van der Waals surface area (Å²) in [5, 5.41) is 9.56. The Morgan fingerprint density at radius 2 is 1.93 bits per heavy atom. The van der Waals surface area contributed by atoms with Crippen LogP contribution in [-0.2, 0) is 19.1 Å². The van der Waals surface area contributed by atoms with E-state index in [0.717, 1.165) is 6.42 Å². The fourth-order valence-corrected chi connectivity index (χ4v) is 1.48. The molecule has 0 bridgehead atoms. The van der Waals surface area contributed by atoms with Gasteiger partial charge in [0.2, 0.25) is 0 Å². The Kier molecular flexibility index (Phi) is 4.08. The SMILES string of the molecule is CC(=O)OCC(O)C1CC1COC(C)=O. The standard InChI is InChI=1S/C10H16O5/c1-6(11)14-4-8-3-9(8)10(13)5-15-7(2)12/h8-10,13H,3-5H2,1-2H3. The van der Waals surface area contributed by atoms with Crippen molar-refractivity contribution in [2.24, 2.45) is 11.8 Å². The molecule has 1 aliphatic carbocycles. The van der Waals surface area contributed by atoms with Gasteiger partial charge in [-0.2, -0.15) is 0 Å². The van der Waals surface area contributed by atoms with Crippen molar-refractivity contribution in [3.05, 3.63) is 0 Å². The number of aliphatic hydroxyl groups excluding tert-OH is 1. The number of rotatable bonds is 5. The van der Waals surface area contributed by atoms with Crippen LogP contribution < -0.4 is 0 Å². The molecule has 3 unspecified atom stereocenters. The van der Waals surface area contributed by atoms with Crippen molar-refractivity contribution in [1.82, 2.24) is 0 Å². The Hall–Kier alpha value is -1.10. The maximum Gasteiger partial charge on any atom is 0.302 e. The van der Waals surface area contributed by atoms with Gasteiger partial charge in [-0.15, -0.1) is 0 Å². The lowest BCUT2D eigenvalue weighted by Gasteiger charge is -2.09. The van der Waals surface area contributed by atoms with Crippen LogP contribution in [0.3, 0.4) is 0 Å². The minimum absolute atomic E-state index is 0.0244. The third-order valence-electron chi connectivity index (χ3n) is 2.43. The van der Waals surface area contributed by atoms with Crippen LogP contribution in [0.15, 0.2) is 0 Å². The Balaban J connectivity index is 2.13. The summed E-state index contributed by atoms with van der Waals surface area (Å²) in [4.78, 5) is 21.0. The largest absolute Gasteiger partial charge is 0.466 e. The molecule has 1 aliphatic rings. The lowest BCUT2D eigenvalue weighted by atomic mass is 10.2. The van der Waals surface area contributed by atoms with Crippen LogP contribution in [0, 0.1) is 11.8 Å².